The number of hydrogen-bond acceptors (Lipinski definition) is 10. The smallest absolute Gasteiger partial charge is 0.333 e. The van der Waals surface area contributed by atoms with Crippen molar-refractivity contribution in [1.82, 2.24) is 20.4 Å². The maximum Gasteiger partial charge on any atom is 0.416 e. The molecule has 0 fully saturated rings. The van der Waals surface area contributed by atoms with Gasteiger partial charge in [0.25, 0.3) is 32.1 Å². The number of quaternary nitrogens is 1. The molecular formula is C50H48F6N9O10S2+. The minimum atomic E-state index is -4.68. The second-order valence-electron chi connectivity index (χ2n) is 18.8. The molecule has 0 bridgehead atoms. The van der Waals surface area contributed by atoms with Crippen molar-refractivity contribution in [3.63, 3.8) is 0 Å². The number of benzene rings is 4. The summed E-state index contributed by atoms with van der Waals surface area (Å²) in [6.45, 7) is 1.47. The summed E-state index contributed by atoms with van der Waals surface area (Å²) in [5, 5.41) is 24.2. The summed E-state index contributed by atoms with van der Waals surface area (Å²) in [4.78, 5) is 61.2. The normalized spacial score (nSPS) is 18.1. The minimum Gasteiger partial charge on any atom is -0.333 e. The molecule has 0 aliphatic carbocycles. The highest BCUT2D eigenvalue weighted by molar-refractivity contribution is 7.89. The van der Waals surface area contributed by atoms with E-state index in [0.717, 1.165) is 34.1 Å². The number of anilines is 2. The molecule has 0 radical (unpaired) electrons. The van der Waals surface area contributed by atoms with E-state index in [4.69, 9.17) is 9.11 Å². The van der Waals surface area contributed by atoms with Gasteiger partial charge >= 0.3 is 24.4 Å². The highest BCUT2D eigenvalue weighted by Gasteiger charge is 2.47. The number of alkyl halides is 6. The average molecular weight is 1110 g/mol. The number of halogens is 6. The van der Waals surface area contributed by atoms with E-state index in [1.165, 1.54) is 24.3 Å². The lowest BCUT2D eigenvalue weighted by molar-refractivity contribution is -0.890. The van der Waals surface area contributed by atoms with Crippen LogP contribution in [0, 0.1) is 22.7 Å². The molecule has 4 aliphatic heterocycles. The Morgan fingerprint density at radius 2 is 0.948 bits per heavy atom. The Morgan fingerprint density at radius 3 is 1.26 bits per heavy atom. The third-order valence-electron chi connectivity index (χ3n) is 13.0. The predicted molar refractivity (Wildman–Crippen MR) is 264 cm³/mol. The van der Waals surface area contributed by atoms with Gasteiger partial charge in [-0.1, -0.05) is 36.4 Å². The Morgan fingerprint density at radius 1 is 0.597 bits per heavy atom. The molecule has 0 unspecified atom stereocenters. The van der Waals surface area contributed by atoms with Gasteiger partial charge in [-0.2, -0.15) is 53.7 Å². The summed E-state index contributed by atoms with van der Waals surface area (Å²) in [7, 11) is -4.64. The zero-order valence-electron chi connectivity index (χ0n) is 40.8. The fraction of sp³-hybridized carbons (Fsp3) is 0.320. The van der Waals surface area contributed by atoms with Crippen LogP contribution in [0.1, 0.15) is 58.3 Å². The first-order valence-corrected chi connectivity index (χ1v) is 26.5. The van der Waals surface area contributed by atoms with Gasteiger partial charge in [-0.15, -0.1) is 0 Å². The molecule has 0 aromatic heterocycles. The second-order valence-corrected chi connectivity index (χ2v) is 22.0. The number of rotatable bonds is 15. The fourth-order valence-electron chi connectivity index (χ4n) is 9.24. The standard InChI is InChI=1S/C48H41F6N9O4.C2H6O6S2/c1-63(2,21-5-19-59-27-37-39(43(59)64)41(31-15-11-29(25-55)12-16-31)57-45(66)61(37)35-9-3-7-33(23-35)47(49,50)51)22-6-20-60-28-38-40(44(60)65)42(32-17-13-30(26-56)14-18-32)58-46(67)62(38)36-10-4-8-34(24-36)48(52,53)54;3-9(4,5)1-2-10(6,7)8/h3-4,7-18,23-24,41-42H,5-6,19-22,27-28H2,1-2H3,(H-,57,58,66,67);1-2H2,(H,3,4,5)(H,6,7,8)/p+1/t41-,42-;/m1./s1. The van der Waals surface area contributed by atoms with Crippen LogP contribution in [0.2, 0.25) is 0 Å². The first-order chi connectivity index (χ1) is 36.0. The molecule has 4 aromatic carbocycles. The first kappa shape index (κ1) is 56.9. The molecule has 27 heteroatoms. The molecule has 4 aliphatic rings. The zero-order chi connectivity index (χ0) is 56.4. The molecule has 2 atom stereocenters. The van der Waals surface area contributed by atoms with E-state index in [0.29, 0.717) is 52.7 Å². The van der Waals surface area contributed by atoms with E-state index in [1.54, 1.807) is 58.3 Å². The second kappa shape index (κ2) is 22.0. The van der Waals surface area contributed by atoms with Crippen molar-refractivity contribution >= 4 is 55.5 Å². The summed E-state index contributed by atoms with van der Waals surface area (Å²) in [5.41, 5.74) is 0.587. The highest BCUT2D eigenvalue weighted by Crippen LogP contribution is 2.42. The van der Waals surface area contributed by atoms with Crippen LogP contribution in [-0.2, 0) is 42.2 Å². The molecule has 406 valence electrons. The van der Waals surface area contributed by atoms with Gasteiger partial charge < -0.3 is 24.9 Å². The van der Waals surface area contributed by atoms with Crippen LogP contribution in [0.3, 0.4) is 0 Å². The van der Waals surface area contributed by atoms with Crippen molar-refractivity contribution in [3.05, 3.63) is 153 Å². The van der Waals surface area contributed by atoms with Gasteiger partial charge in [-0.05, 0) is 71.8 Å². The molecule has 0 saturated carbocycles. The Kier molecular flexibility index (Phi) is 16.3. The topological polar surface area (TPSA) is 262 Å². The lowest BCUT2D eigenvalue weighted by Crippen LogP contribution is -2.47. The third kappa shape index (κ3) is 13.4. The van der Waals surface area contributed by atoms with Crippen LogP contribution in [0.4, 0.5) is 47.3 Å². The van der Waals surface area contributed by atoms with E-state index >= 15 is 0 Å². The van der Waals surface area contributed by atoms with Gasteiger partial charge in [0.05, 0.1) is 132 Å². The molecule has 19 nitrogen and oxygen atoms in total. The lowest BCUT2D eigenvalue weighted by atomic mass is 9.94. The van der Waals surface area contributed by atoms with Crippen LogP contribution >= 0.6 is 0 Å². The number of nitrogens with zero attached hydrogens (tertiary/aromatic N) is 7. The molecule has 77 heavy (non-hydrogen) atoms. The summed E-state index contributed by atoms with van der Waals surface area (Å²) in [5.74, 6) is -2.76. The predicted octanol–water partition coefficient (Wildman–Crippen LogP) is 6.52. The van der Waals surface area contributed by atoms with Gasteiger partial charge in [-0.3, -0.25) is 28.5 Å². The third-order valence-corrected chi connectivity index (χ3v) is 14.7. The number of amides is 6. The van der Waals surface area contributed by atoms with E-state index in [1.807, 2.05) is 26.2 Å². The molecule has 4 heterocycles. The Hall–Kier alpha value is -7.82. The number of nitriles is 2. The largest absolute Gasteiger partial charge is 0.416 e. The number of hydrogen-bond donors (Lipinski definition) is 4. The van der Waals surface area contributed by atoms with E-state index in [2.05, 4.69) is 10.6 Å². The van der Waals surface area contributed by atoms with Crippen LogP contribution in [0.15, 0.2) is 120 Å². The Labute approximate surface area is 437 Å². The summed E-state index contributed by atoms with van der Waals surface area (Å²) in [6, 6.07) is 22.0. The van der Waals surface area contributed by atoms with Crippen molar-refractivity contribution < 1.29 is 75.9 Å². The molecule has 8 rings (SSSR count). The van der Waals surface area contributed by atoms with E-state index in [-0.39, 0.29) is 60.1 Å². The molecule has 0 saturated heterocycles. The molecule has 6 amide bonds. The molecule has 4 aromatic rings. The summed E-state index contributed by atoms with van der Waals surface area (Å²) >= 11 is 0. The van der Waals surface area contributed by atoms with Gasteiger partial charge in [-0.25, -0.2) is 9.59 Å². The van der Waals surface area contributed by atoms with Gasteiger partial charge in [0.15, 0.2) is 0 Å². The minimum absolute atomic E-state index is 0.0505. The Balaban J connectivity index is 0.000000782. The number of carbonyl (C=O) groups excluding carboxylic acids is 4. The molecule has 0 spiro atoms. The van der Waals surface area contributed by atoms with E-state index < -0.39 is 91.2 Å². The van der Waals surface area contributed by atoms with E-state index in [9.17, 15) is 72.9 Å². The van der Waals surface area contributed by atoms with Crippen molar-refractivity contribution in [1.29, 1.82) is 10.5 Å². The lowest BCUT2D eigenvalue weighted by Gasteiger charge is -2.34. The maximum absolute atomic E-state index is 14.2. The number of nitrogens with one attached hydrogen (secondary N) is 2. The highest BCUT2D eigenvalue weighted by atomic mass is 32.2. The summed E-state index contributed by atoms with van der Waals surface area (Å²) in [6.07, 6.45) is -8.40. The SMILES string of the molecule is C[N+](C)(CCCN1CC2=C(C1=O)[C@@H](c1ccc(C#N)cc1)NC(=O)N2c1cccc(C(F)(F)F)c1)CCCN1CC2=C(C1=O)[C@@H](c1ccc(C#N)cc1)NC(=O)N2c1cccc(C(F)(F)F)c1.O=S(=O)(O)CCS(=O)(=O)O. The monoisotopic (exact) mass is 1110 g/mol. The summed E-state index contributed by atoms with van der Waals surface area (Å²) < 4.78 is 138. The zero-order valence-corrected chi connectivity index (χ0v) is 42.5. The van der Waals surface area contributed by atoms with Crippen molar-refractivity contribution in [2.24, 2.45) is 0 Å². The van der Waals surface area contributed by atoms with Crippen molar-refractivity contribution in [3.8, 4) is 12.1 Å². The quantitative estimate of drug-likeness (QED) is 0.0564. The van der Waals surface area contributed by atoms with Crippen LogP contribution in [0.5, 0.6) is 0 Å². The molecular weight excluding hydrogens is 1060 g/mol. The van der Waals surface area contributed by atoms with Crippen LogP contribution in [-0.4, -0.2) is 129 Å². The van der Waals surface area contributed by atoms with Crippen molar-refractivity contribution in [2.75, 3.05) is 74.7 Å². The van der Waals surface area contributed by atoms with Crippen LogP contribution < -0.4 is 20.4 Å². The average Bonchev–Trinajstić information content (AvgIpc) is 3.86. The maximum atomic E-state index is 14.2. The first-order valence-electron chi connectivity index (χ1n) is 23.3. The van der Waals surface area contributed by atoms with Gasteiger partial charge in [0, 0.05) is 25.9 Å². The molecule has 4 N–H and O–H groups in total. The Bertz CT molecular complexity index is 3150. The van der Waals surface area contributed by atoms with Gasteiger partial charge in [0.1, 0.15) is 0 Å². The fourth-order valence-corrected chi connectivity index (χ4v) is 10.9. The number of urea groups is 2. The number of carbonyl (C=O) groups is 4. The van der Waals surface area contributed by atoms with Crippen molar-refractivity contribution in [2.45, 2.75) is 37.3 Å². The van der Waals surface area contributed by atoms with Gasteiger partial charge in [0.2, 0.25) is 0 Å². The van der Waals surface area contributed by atoms with Crippen LogP contribution in [0.25, 0.3) is 0 Å².